The molecule has 1 fully saturated rings. The first kappa shape index (κ1) is 23.5. The van der Waals surface area contributed by atoms with Crippen LogP contribution in [0.25, 0.3) is 0 Å². The van der Waals surface area contributed by atoms with E-state index in [0.717, 1.165) is 0 Å². The zero-order valence-electron chi connectivity index (χ0n) is 18.1. The van der Waals surface area contributed by atoms with E-state index >= 15 is 0 Å². The van der Waals surface area contributed by atoms with Gasteiger partial charge in [0.05, 0.1) is 17.6 Å². The highest BCUT2D eigenvalue weighted by atomic mass is 35.5. The number of benzene rings is 2. The molecule has 1 atom stereocenters. The van der Waals surface area contributed by atoms with Crippen LogP contribution in [-0.4, -0.2) is 53.1 Å². The number of hydrogen-bond acceptors (Lipinski definition) is 5. The normalized spacial score (nSPS) is 14.4. The highest BCUT2D eigenvalue weighted by Crippen LogP contribution is 2.25. The Morgan fingerprint density at radius 1 is 0.971 bits per heavy atom. The van der Waals surface area contributed by atoms with E-state index in [-0.39, 0.29) is 11.6 Å². The molecule has 2 heterocycles. The molecule has 1 saturated heterocycles. The topological polar surface area (TPSA) is 97.8 Å². The van der Waals surface area contributed by atoms with Crippen molar-refractivity contribution in [3.8, 4) is 0 Å². The number of nitrogens with one attached hydrogen (secondary N) is 2. The number of rotatable bonds is 5. The van der Waals surface area contributed by atoms with E-state index in [1.54, 1.807) is 47.4 Å². The van der Waals surface area contributed by atoms with Crippen molar-refractivity contribution in [3.05, 3.63) is 83.3 Å². The summed E-state index contributed by atoms with van der Waals surface area (Å²) in [4.78, 5) is 32.8. The Balaban J connectivity index is 1.30. The van der Waals surface area contributed by atoms with Crippen molar-refractivity contribution < 1.29 is 19.1 Å². The highest BCUT2D eigenvalue weighted by Gasteiger charge is 2.28. The molecule has 1 aliphatic heterocycles. The van der Waals surface area contributed by atoms with E-state index in [9.17, 15) is 19.1 Å². The van der Waals surface area contributed by atoms with Crippen LogP contribution in [-0.2, 0) is 4.79 Å². The van der Waals surface area contributed by atoms with E-state index in [1.807, 2.05) is 4.90 Å². The summed E-state index contributed by atoms with van der Waals surface area (Å²) in [5.41, 5.74) is 0.923. The number of para-hydroxylation sites is 1. The Hall–Kier alpha value is -3.69. The van der Waals surface area contributed by atoms with Crippen LogP contribution < -0.4 is 15.5 Å². The van der Waals surface area contributed by atoms with Gasteiger partial charge < -0.3 is 25.5 Å². The van der Waals surface area contributed by atoms with Crippen LogP contribution in [0.3, 0.4) is 0 Å². The number of amides is 3. The number of aromatic nitrogens is 1. The number of carbonyl (C=O) groups excluding carboxylic acids is 2. The predicted molar refractivity (Wildman–Crippen MR) is 128 cm³/mol. The summed E-state index contributed by atoms with van der Waals surface area (Å²) < 4.78 is 13.7. The number of piperazine rings is 1. The Kier molecular flexibility index (Phi) is 7.24. The number of halogens is 2. The van der Waals surface area contributed by atoms with Gasteiger partial charge >= 0.3 is 6.03 Å². The van der Waals surface area contributed by atoms with Crippen molar-refractivity contribution in [1.29, 1.82) is 0 Å². The molecule has 1 aromatic heterocycles. The average Bonchev–Trinajstić information content (AvgIpc) is 2.85. The molecule has 10 heteroatoms. The van der Waals surface area contributed by atoms with E-state index < -0.39 is 18.0 Å². The van der Waals surface area contributed by atoms with E-state index in [4.69, 9.17) is 11.6 Å². The van der Waals surface area contributed by atoms with Crippen LogP contribution in [0.15, 0.2) is 66.9 Å². The van der Waals surface area contributed by atoms with Gasteiger partial charge in [0.1, 0.15) is 11.6 Å². The van der Waals surface area contributed by atoms with Gasteiger partial charge in [0.25, 0.3) is 5.91 Å². The van der Waals surface area contributed by atoms with Crippen LogP contribution in [0.1, 0.15) is 11.7 Å². The van der Waals surface area contributed by atoms with Gasteiger partial charge in [-0.3, -0.25) is 4.79 Å². The van der Waals surface area contributed by atoms with Crippen LogP contribution in [0.5, 0.6) is 0 Å². The maximum Gasteiger partial charge on any atom is 0.323 e. The minimum absolute atomic E-state index is 0.0802. The molecule has 0 spiro atoms. The first-order valence-corrected chi connectivity index (χ1v) is 11.0. The van der Waals surface area contributed by atoms with Crippen molar-refractivity contribution in [1.82, 2.24) is 9.88 Å². The quantitative estimate of drug-likeness (QED) is 0.511. The number of aliphatic hydroxyl groups is 1. The third-order valence-corrected chi connectivity index (χ3v) is 5.82. The van der Waals surface area contributed by atoms with Gasteiger partial charge in [-0.1, -0.05) is 41.9 Å². The third kappa shape index (κ3) is 5.44. The summed E-state index contributed by atoms with van der Waals surface area (Å²) in [5.74, 6) is -0.219. The lowest BCUT2D eigenvalue weighted by molar-refractivity contribution is -0.140. The Morgan fingerprint density at radius 2 is 1.68 bits per heavy atom. The van der Waals surface area contributed by atoms with Crippen molar-refractivity contribution in [2.24, 2.45) is 0 Å². The smallest absolute Gasteiger partial charge is 0.323 e. The minimum atomic E-state index is -1.31. The van der Waals surface area contributed by atoms with E-state index in [0.29, 0.717) is 48.3 Å². The molecule has 4 rings (SSSR count). The van der Waals surface area contributed by atoms with Gasteiger partial charge in [0.2, 0.25) is 0 Å². The number of nitrogens with zero attached hydrogens (tertiary/aromatic N) is 3. The van der Waals surface area contributed by atoms with Gasteiger partial charge in [0, 0.05) is 36.8 Å². The zero-order valence-corrected chi connectivity index (χ0v) is 18.9. The number of anilines is 3. The second kappa shape index (κ2) is 10.5. The molecular weight excluding hydrogens is 461 g/mol. The number of pyridine rings is 1. The fourth-order valence-corrected chi connectivity index (χ4v) is 3.89. The summed E-state index contributed by atoms with van der Waals surface area (Å²) in [6, 6.07) is 15.5. The van der Waals surface area contributed by atoms with Gasteiger partial charge in [-0.15, -0.1) is 0 Å². The summed E-state index contributed by atoms with van der Waals surface area (Å²) in [5, 5.41) is 15.9. The lowest BCUT2D eigenvalue weighted by atomic mass is 10.1. The largest absolute Gasteiger partial charge is 0.378 e. The lowest BCUT2D eigenvalue weighted by Gasteiger charge is -2.36. The molecule has 0 bridgehead atoms. The molecule has 0 aliphatic carbocycles. The van der Waals surface area contributed by atoms with Gasteiger partial charge in [-0.2, -0.15) is 0 Å². The molecule has 3 aromatic rings. The average molecular weight is 484 g/mol. The molecule has 176 valence electrons. The Bertz CT molecular complexity index is 1170. The zero-order chi connectivity index (χ0) is 24.1. The third-order valence-electron chi connectivity index (χ3n) is 5.48. The second-order valence-corrected chi connectivity index (χ2v) is 8.11. The first-order valence-electron chi connectivity index (χ1n) is 10.7. The fraction of sp³-hybridized carbons (Fsp3) is 0.208. The van der Waals surface area contributed by atoms with Crippen LogP contribution in [0.4, 0.5) is 26.4 Å². The van der Waals surface area contributed by atoms with Crippen molar-refractivity contribution in [2.75, 3.05) is 41.7 Å². The molecule has 3 amide bonds. The summed E-state index contributed by atoms with van der Waals surface area (Å²) in [6.07, 6.45) is 0.203. The van der Waals surface area contributed by atoms with Crippen molar-refractivity contribution in [2.45, 2.75) is 6.10 Å². The molecule has 8 nitrogen and oxygen atoms in total. The van der Waals surface area contributed by atoms with Gasteiger partial charge in [0.15, 0.2) is 6.10 Å². The molecule has 1 unspecified atom stereocenters. The van der Waals surface area contributed by atoms with Crippen LogP contribution in [0.2, 0.25) is 5.02 Å². The standard InChI is InChI=1S/C24H23ClFN5O3/c25-18-6-2-1-5-17(18)22(32)23(33)31-13-11-30(12-14-31)21-10-9-16(15-27-21)28-24(34)29-20-8-4-3-7-19(20)26/h1-10,15,22,32H,11-14H2,(H2,28,29,34). The Morgan fingerprint density at radius 3 is 2.35 bits per heavy atom. The fourth-order valence-electron chi connectivity index (χ4n) is 3.65. The molecule has 1 aliphatic rings. The Labute approximate surface area is 201 Å². The summed E-state index contributed by atoms with van der Waals surface area (Å²) in [7, 11) is 0. The number of hydrogen-bond donors (Lipinski definition) is 3. The predicted octanol–water partition coefficient (Wildman–Crippen LogP) is 3.90. The highest BCUT2D eigenvalue weighted by molar-refractivity contribution is 6.31. The van der Waals surface area contributed by atoms with Crippen molar-refractivity contribution >= 4 is 40.7 Å². The summed E-state index contributed by atoms with van der Waals surface area (Å²) >= 11 is 6.10. The van der Waals surface area contributed by atoms with Crippen LogP contribution in [0, 0.1) is 5.82 Å². The second-order valence-electron chi connectivity index (χ2n) is 7.70. The number of urea groups is 1. The molecule has 34 heavy (non-hydrogen) atoms. The maximum absolute atomic E-state index is 13.7. The lowest BCUT2D eigenvalue weighted by Crippen LogP contribution is -2.50. The number of carbonyl (C=O) groups is 2. The number of aliphatic hydroxyl groups excluding tert-OH is 1. The molecule has 2 aromatic carbocycles. The SMILES string of the molecule is O=C(Nc1ccc(N2CCN(C(=O)C(O)c3ccccc3Cl)CC2)nc1)Nc1ccccc1F. The minimum Gasteiger partial charge on any atom is -0.378 e. The molecule has 0 radical (unpaired) electrons. The van der Waals surface area contributed by atoms with E-state index in [1.165, 1.54) is 24.4 Å². The van der Waals surface area contributed by atoms with Crippen molar-refractivity contribution in [3.63, 3.8) is 0 Å². The molecular formula is C24H23ClFN5O3. The van der Waals surface area contributed by atoms with Gasteiger partial charge in [-0.05, 0) is 30.3 Å². The monoisotopic (exact) mass is 483 g/mol. The van der Waals surface area contributed by atoms with Gasteiger partial charge in [-0.25, -0.2) is 14.2 Å². The maximum atomic E-state index is 13.7. The van der Waals surface area contributed by atoms with Crippen LogP contribution >= 0.6 is 11.6 Å². The first-order chi connectivity index (χ1) is 16.4. The molecule has 3 N–H and O–H groups in total. The van der Waals surface area contributed by atoms with E-state index in [2.05, 4.69) is 15.6 Å². The summed E-state index contributed by atoms with van der Waals surface area (Å²) in [6.45, 7) is 1.92. The molecule has 0 saturated carbocycles.